The van der Waals surface area contributed by atoms with Gasteiger partial charge in [0.15, 0.2) is 0 Å². The maximum Gasteiger partial charge on any atom is 0.417 e. The van der Waals surface area contributed by atoms with Crippen LogP contribution in [0.25, 0.3) is 0 Å². The van der Waals surface area contributed by atoms with Crippen molar-refractivity contribution in [3.8, 4) is 0 Å². The molecule has 0 amide bonds. The van der Waals surface area contributed by atoms with Gasteiger partial charge in [0, 0.05) is 24.2 Å². The molecule has 2 nitrogen and oxygen atoms in total. The molecular formula is C11H13F3O2S. The highest BCUT2D eigenvalue weighted by atomic mass is 32.1. The summed E-state index contributed by atoms with van der Waals surface area (Å²) in [4.78, 5) is 0. The molecule has 0 aliphatic carbocycles. The summed E-state index contributed by atoms with van der Waals surface area (Å²) in [5.74, 6) is 0.158. The Kier molecular flexibility index (Phi) is 3.75. The van der Waals surface area contributed by atoms with E-state index in [9.17, 15) is 18.3 Å². The first-order valence-corrected chi connectivity index (χ1v) is 6.32. The Hall–Kier alpha value is -0.590. The lowest BCUT2D eigenvalue weighted by Crippen LogP contribution is -2.12. The van der Waals surface area contributed by atoms with Gasteiger partial charge in [-0.05, 0) is 24.1 Å². The van der Waals surface area contributed by atoms with Crippen molar-refractivity contribution in [2.24, 2.45) is 5.92 Å². The first-order valence-electron chi connectivity index (χ1n) is 5.37. The van der Waals surface area contributed by atoms with Crippen LogP contribution < -0.4 is 0 Å². The largest absolute Gasteiger partial charge is 0.417 e. The number of hydrogen-bond donors (Lipinski definition) is 1. The van der Waals surface area contributed by atoms with E-state index in [1.165, 1.54) is 5.38 Å². The van der Waals surface area contributed by atoms with Crippen molar-refractivity contribution in [3.05, 3.63) is 21.9 Å². The third-order valence-electron chi connectivity index (χ3n) is 2.94. The van der Waals surface area contributed by atoms with Crippen molar-refractivity contribution in [1.82, 2.24) is 0 Å². The summed E-state index contributed by atoms with van der Waals surface area (Å²) in [6.07, 6.45) is -4.30. The molecule has 2 rings (SSSR count). The molecule has 1 aromatic rings. The number of aliphatic hydroxyl groups excluding tert-OH is 1. The predicted molar refractivity (Wildman–Crippen MR) is 57.8 cm³/mol. The van der Waals surface area contributed by atoms with Crippen molar-refractivity contribution in [1.29, 1.82) is 0 Å². The molecule has 17 heavy (non-hydrogen) atoms. The maximum atomic E-state index is 12.6. The minimum Gasteiger partial charge on any atom is -0.388 e. The lowest BCUT2D eigenvalue weighted by Gasteiger charge is -2.16. The quantitative estimate of drug-likeness (QED) is 0.910. The maximum absolute atomic E-state index is 12.6. The fourth-order valence-corrected chi connectivity index (χ4v) is 2.91. The van der Waals surface area contributed by atoms with E-state index in [2.05, 4.69) is 0 Å². The summed E-state index contributed by atoms with van der Waals surface area (Å²) in [5, 5.41) is 12.3. The van der Waals surface area contributed by atoms with Crippen LogP contribution in [0.5, 0.6) is 0 Å². The lowest BCUT2D eigenvalue weighted by molar-refractivity contribution is -0.138. The second kappa shape index (κ2) is 4.96. The minimum absolute atomic E-state index is 0.00519. The number of aliphatic hydroxyl groups is 1. The van der Waals surface area contributed by atoms with Crippen LogP contribution in [0.2, 0.25) is 0 Å². The highest BCUT2D eigenvalue weighted by Crippen LogP contribution is 2.39. The van der Waals surface area contributed by atoms with E-state index in [4.69, 9.17) is 4.74 Å². The molecule has 1 aliphatic heterocycles. The van der Waals surface area contributed by atoms with Crippen molar-refractivity contribution in [3.63, 3.8) is 0 Å². The van der Waals surface area contributed by atoms with E-state index >= 15 is 0 Å². The Labute approximate surface area is 101 Å². The Morgan fingerprint density at radius 3 is 2.82 bits per heavy atom. The van der Waals surface area contributed by atoms with Gasteiger partial charge in [-0.2, -0.15) is 24.5 Å². The third kappa shape index (κ3) is 3.00. The van der Waals surface area contributed by atoms with Crippen LogP contribution in [0.1, 0.15) is 30.1 Å². The molecule has 96 valence electrons. The molecule has 1 aromatic heterocycles. The molecule has 2 heterocycles. The van der Waals surface area contributed by atoms with Gasteiger partial charge in [-0.15, -0.1) is 0 Å². The van der Waals surface area contributed by atoms with E-state index in [0.717, 1.165) is 23.1 Å². The van der Waals surface area contributed by atoms with Crippen molar-refractivity contribution >= 4 is 11.3 Å². The highest BCUT2D eigenvalue weighted by Gasteiger charge is 2.36. The fraction of sp³-hybridized carbons (Fsp3) is 0.636. The monoisotopic (exact) mass is 266 g/mol. The van der Waals surface area contributed by atoms with Crippen LogP contribution in [0.3, 0.4) is 0 Å². The van der Waals surface area contributed by atoms with E-state index in [1.54, 1.807) is 0 Å². The van der Waals surface area contributed by atoms with Crippen LogP contribution in [0.15, 0.2) is 10.8 Å². The highest BCUT2D eigenvalue weighted by molar-refractivity contribution is 7.08. The fourth-order valence-electron chi connectivity index (χ4n) is 2.01. The van der Waals surface area contributed by atoms with Crippen molar-refractivity contribution < 1.29 is 23.0 Å². The molecule has 6 heteroatoms. The van der Waals surface area contributed by atoms with Gasteiger partial charge in [0.1, 0.15) is 0 Å². The Morgan fingerprint density at radius 1 is 1.47 bits per heavy atom. The van der Waals surface area contributed by atoms with E-state index in [-0.39, 0.29) is 11.5 Å². The summed E-state index contributed by atoms with van der Waals surface area (Å²) in [7, 11) is 0. The van der Waals surface area contributed by atoms with Gasteiger partial charge in [0.2, 0.25) is 0 Å². The van der Waals surface area contributed by atoms with Crippen LogP contribution in [-0.4, -0.2) is 18.3 Å². The number of halogens is 3. The SMILES string of the molecule is OC(CC1CCOC1)c1cscc1C(F)(F)F. The average molecular weight is 266 g/mol. The second-order valence-electron chi connectivity index (χ2n) is 4.22. The molecule has 2 unspecified atom stereocenters. The Bertz CT molecular complexity index is 369. The number of hydrogen-bond acceptors (Lipinski definition) is 3. The van der Waals surface area contributed by atoms with E-state index < -0.39 is 17.8 Å². The molecule has 0 bridgehead atoms. The standard InChI is InChI=1S/C11H13F3O2S/c12-11(13,14)9-6-17-5-8(9)10(15)3-7-1-2-16-4-7/h5-7,10,15H,1-4H2. The molecule has 1 aliphatic rings. The van der Waals surface area contributed by atoms with Crippen LogP contribution in [0.4, 0.5) is 13.2 Å². The molecular weight excluding hydrogens is 253 g/mol. The molecule has 2 atom stereocenters. The zero-order valence-electron chi connectivity index (χ0n) is 9.04. The summed E-state index contributed by atoms with van der Waals surface area (Å²) in [6, 6.07) is 0. The zero-order valence-corrected chi connectivity index (χ0v) is 9.85. The van der Waals surface area contributed by atoms with Gasteiger partial charge in [-0.3, -0.25) is 0 Å². The lowest BCUT2D eigenvalue weighted by atomic mass is 9.96. The van der Waals surface area contributed by atoms with Gasteiger partial charge >= 0.3 is 6.18 Å². The normalized spacial score (nSPS) is 22.9. The summed E-state index contributed by atoms with van der Waals surface area (Å²) >= 11 is 0.968. The Morgan fingerprint density at radius 2 is 2.24 bits per heavy atom. The summed E-state index contributed by atoms with van der Waals surface area (Å²) in [5.41, 5.74) is -0.719. The van der Waals surface area contributed by atoms with Crippen molar-refractivity contribution in [2.45, 2.75) is 25.1 Å². The number of thiophene rings is 1. The van der Waals surface area contributed by atoms with E-state index in [1.807, 2.05) is 0 Å². The van der Waals surface area contributed by atoms with Crippen molar-refractivity contribution in [2.75, 3.05) is 13.2 Å². The predicted octanol–water partition coefficient (Wildman–Crippen LogP) is 3.23. The van der Waals surface area contributed by atoms with Gasteiger partial charge in [0.25, 0.3) is 0 Å². The molecule has 0 spiro atoms. The molecule has 1 N–H and O–H groups in total. The third-order valence-corrected chi connectivity index (χ3v) is 3.70. The number of rotatable bonds is 3. The van der Waals surface area contributed by atoms with Crippen LogP contribution in [-0.2, 0) is 10.9 Å². The van der Waals surface area contributed by atoms with Gasteiger partial charge in [0.05, 0.1) is 11.7 Å². The van der Waals surface area contributed by atoms with Gasteiger partial charge in [-0.25, -0.2) is 0 Å². The first kappa shape index (κ1) is 12.9. The summed E-state index contributed by atoms with van der Waals surface area (Å²) in [6.45, 7) is 1.16. The van der Waals surface area contributed by atoms with Crippen LogP contribution in [0, 0.1) is 5.92 Å². The average Bonchev–Trinajstić information content (AvgIpc) is 2.85. The zero-order chi connectivity index (χ0) is 12.5. The van der Waals surface area contributed by atoms with Gasteiger partial charge < -0.3 is 9.84 Å². The molecule has 1 saturated heterocycles. The number of ether oxygens (including phenoxy) is 1. The first-order chi connectivity index (χ1) is 7.98. The van der Waals surface area contributed by atoms with Gasteiger partial charge in [-0.1, -0.05) is 0 Å². The topological polar surface area (TPSA) is 29.5 Å². The van der Waals surface area contributed by atoms with Crippen LogP contribution >= 0.6 is 11.3 Å². The van der Waals surface area contributed by atoms with E-state index in [0.29, 0.717) is 19.6 Å². The summed E-state index contributed by atoms with van der Waals surface area (Å²) < 4.78 is 43.0. The molecule has 0 aromatic carbocycles. The minimum atomic E-state index is -4.39. The molecule has 0 saturated carbocycles. The molecule has 0 radical (unpaired) electrons. The molecule has 1 fully saturated rings. The smallest absolute Gasteiger partial charge is 0.388 e. The number of alkyl halides is 3. The second-order valence-corrected chi connectivity index (χ2v) is 4.96. The Balaban J connectivity index is 2.08.